The minimum atomic E-state index is -0.0777. The molecule has 0 saturated carbocycles. The molecule has 4 nitrogen and oxygen atoms in total. The van der Waals surface area contributed by atoms with Crippen molar-refractivity contribution in [1.29, 1.82) is 0 Å². The SMILES string of the molecule is CCC(CNC(=O)c1ccccc1SCC(=O)N1CCCC1)c1ccccc1. The van der Waals surface area contributed by atoms with E-state index in [0.29, 0.717) is 23.8 Å². The van der Waals surface area contributed by atoms with Crippen molar-refractivity contribution in [2.75, 3.05) is 25.4 Å². The molecule has 0 radical (unpaired) electrons. The summed E-state index contributed by atoms with van der Waals surface area (Å²) in [5.74, 6) is 0.756. The molecule has 1 aliphatic heterocycles. The molecule has 1 N–H and O–H groups in total. The van der Waals surface area contributed by atoms with Gasteiger partial charge in [-0.3, -0.25) is 9.59 Å². The van der Waals surface area contributed by atoms with Crippen LogP contribution in [0.2, 0.25) is 0 Å². The molecule has 3 rings (SSSR count). The number of amides is 2. The summed E-state index contributed by atoms with van der Waals surface area (Å²) < 4.78 is 0. The lowest BCUT2D eigenvalue weighted by Gasteiger charge is -2.17. The van der Waals surface area contributed by atoms with Gasteiger partial charge in [-0.15, -0.1) is 11.8 Å². The molecule has 5 heteroatoms. The van der Waals surface area contributed by atoms with Crippen molar-refractivity contribution >= 4 is 23.6 Å². The van der Waals surface area contributed by atoms with E-state index in [1.165, 1.54) is 17.3 Å². The standard InChI is InChI=1S/C23H28N2O2S/c1-2-18(19-10-4-3-5-11-19)16-24-23(27)20-12-6-7-13-21(20)28-17-22(26)25-14-8-9-15-25/h3-7,10-13,18H,2,8-9,14-17H2,1H3,(H,24,27). The van der Waals surface area contributed by atoms with Crippen molar-refractivity contribution in [3.63, 3.8) is 0 Å². The van der Waals surface area contributed by atoms with E-state index in [2.05, 4.69) is 24.4 Å². The summed E-state index contributed by atoms with van der Waals surface area (Å²) in [5, 5.41) is 3.08. The molecule has 0 aromatic heterocycles. The highest BCUT2D eigenvalue weighted by molar-refractivity contribution is 8.00. The highest BCUT2D eigenvalue weighted by atomic mass is 32.2. The van der Waals surface area contributed by atoms with Crippen LogP contribution in [0.1, 0.15) is 48.0 Å². The van der Waals surface area contributed by atoms with Gasteiger partial charge in [-0.25, -0.2) is 0 Å². The third-order valence-electron chi connectivity index (χ3n) is 5.21. The topological polar surface area (TPSA) is 49.4 Å². The van der Waals surface area contributed by atoms with Gasteiger partial charge in [0.25, 0.3) is 5.91 Å². The average Bonchev–Trinajstić information content (AvgIpc) is 3.28. The molecule has 28 heavy (non-hydrogen) atoms. The number of nitrogens with zero attached hydrogens (tertiary/aromatic N) is 1. The fraction of sp³-hybridized carbons (Fsp3) is 0.391. The zero-order chi connectivity index (χ0) is 19.8. The number of carbonyl (C=O) groups is 2. The summed E-state index contributed by atoms with van der Waals surface area (Å²) in [7, 11) is 0. The molecule has 2 aromatic rings. The van der Waals surface area contributed by atoms with Crippen molar-refractivity contribution in [3.05, 3.63) is 65.7 Å². The van der Waals surface area contributed by atoms with Crippen molar-refractivity contribution in [3.8, 4) is 0 Å². The van der Waals surface area contributed by atoms with E-state index in [-0.39, 0.29) is 11.8 Å². The number of hydrogen-bond acceptors (Lipinski definition) is 3. The van der Waals surface area contributed by atoms with Crippen LogP contribution in [0.25, 0.3) is 0 Å². The molecule has 0 aliphatic carbocycles. The lowest BCUT2D eigenvalue weighted by atomic mass is 9.96. The fourth-order valence-corrected chi connectivity index (χ4v) is 4.46. The monoisotopic (exact) mass is 396 g/mol. The van der Waals surface area contributed by atoms with E-state index in [1.807, 2.05) is 47.4 Å². The molecule has 1 unspecified atom stereocenters. The zero-order valence-corrected chi connectivity index (χ0v) is 17.2. The Morgan fingerprint density at radius 2 is 1.71 bits per heavy atom. The number of nitrogens with one attached hydrogen (secondary N) is 1. The minimum absolute atomic E-state index is 0.0777. The maximum atomic E-state index is 12.8. The second-order valence-corrected chi connectivity index (χ2v) is 8.12. The van der Waals surface area contributed by atoms with Crippen LogP contribution in [-0.4, -0.2) is 42.1 Å². The molecular weight excluding hydrogens is 368 g/mol. The Morgan fingerprint density at radius 1 is 1.04 bits per heavy atom. The van der Waals surface area contributed by atoms with Gasteiger partial charge in [0, 0.05) is 30.4 Å². The first-order valence-corrected chi connectivity index (χ1v) is 11.0. The predicted molar refractivity (Wildman–Crippen MR) is 115 cm³/mol. The Labute approximate surface area is 171 Å². The molecule has 2 aromatic carbocycles. The summed E-state index contributed by atoms with van der Waals surface area (Å²) in [6.45, 7) is 4.46. The van der Waals surface area contributed by atoms with Gasteiger partial charge in [0.2, 0.25) is 5.91 Å². The van der Waals surface area contributed by atoms with E-state index in [0.717, 1.165) is 37.2 Å². The Balaban J connectivity index is 1.59. The lowest BCUT2D eigenvalue weighted by Crippen LogP contribution is -2.30. The number of thioether (sulfide) groups is 1. The zero-order valence-electron chi connectivity index (χ0n) is 16.4. The second kappa shape index (κ2) is 10.3. The summed E-state index contributed by atoms with van der Waals surface area (Å²) in [6.07, 6.45) is 3.15. The highest BCUT2D eigenvalue weighted by Gasteiger charge is 2.19. The minimum Gasteiger partial charge on any atom is -0.351 e. The third kappa shape index (κ3) is 5.38. The smallest absolute Gasteiger partial charge is 0.252 e. The number of benzene rings is 2. The molecule has 0 bridgehead atoms. The number of rotatable bonds is 8. The molecule has 1 atom stereocenters. The Morgan fingerprint density at radius 3 is 2.43 bits per heavy atom. The predicted octanol–water partition coefficient (Wildman–Crippen LogP) is 4.32. The van der Waals surface area contributed by atoms with Crippen molar-refractivity contribution in [1.82, 2.24) is 10.2 Å². The summed E-state index contributed by atoms with van der Waals surface area (Å²) in [5.41, 5.74) is 1.88. The number of hydrogen-bond donors (Lipinski definition) is 1. The van der Waals surface area contributed by atoms with Gasteiger partial charge in [0.15, 0.2) is 0 Å². The van der Waals surface area contributed by atoms with Gasteiger partial charge < -0.3 is 10.2 Å². The van der Waals surface area contributed by atoms with Crippen LogP contribution in [-0.2, 0) is 4.79 Å². The highest BCUT2D eigenvalue weighted by Crippen LogP contribution is 2.24. The van der Waals surface area contributed by atoms with Crippen LogP contribution in [0.3, 0.4) is 0 Å². The largest absolute Gasteiger partial charge is 0.351 e. The van der Waals surface area contributed by atoms with Crippen LogP contribution in [0.15, 0.2) is 59.5 Å². The summed E-state index contributed by atoms with van der Waals surface area (Å²) >= 11 is 1.45. The Bertz CT molecular complexity index is 788. The molecule has 1 heterocycles. The van der Waals surface area contributed by atoms with Gasteiger partial charge in [-0.2, -0.15) is 0 Å². The van der Waals surface area contributed by atoms with Gasteiger partial charge >= 0.3 is 0 Å². The maximum absolute atomic E-state index is 12.8. The van der Waals surface area contributed by atoms with Crippen LogP contribution in [0.5, 0.6) is 0 Å². The Hall–Kier alpha value is -2.27. The number of carbonyl (C=O) groups excluding carboxylic acids is 2. The molecule has 1 fully saturated rings. The first kappa shape index (κ1) is 20.5. The summed E-state index contributed by atoms with van der Waals surface area (Å²) in [6, 6.07) is 17.8. The van der Waals surface area contributed by atoms with Gasteiger partial charge in [-0.05, 0) is 37.0 Å². The normalized spacial score (nSPS) is 14.7. The quantitative estimate of drug-likeness (QED) is 0.676. The van der Waals surface area contributed by atoms with E-state index < -0.39 is 0 Å². The molecule has 1 aliphatic rings. The van der Waals surface area contributed by atoms with E-state index in [4.69, 9.17) is 0 Å². The maximum Gasteiger partial charge on any atom is 0.252 e. The average molecular weight is 397 g/mol. The molecule has 2 amide bonds. The van der Waals surface area contributed by atoms with Crippen molar-refractivity contribution in [2.45, 2.75) is 37.0 Å². The molecule has 0 spiro atoms. The second-order valence-electron chi connectivity index (χ2n) is 7.10. The Kier molecular flexibility index (Phi) is 7.54. The van der Waals surface area contributed by atoms with Gasteiger partial charge in [0.05, 0.1) is 11.3 Å². The molecule has 1 saturated heterocycles. The van der Waals surface area contributed by atoms with Crippen LogP contribution < -0.4 is 5.32 Å². The van der Waals surface area contributed by atoms with Gasteiger partial charge in [0.1, 0.15) is 0 Å². The van der Waals surface area contributed by atoms with E-state index in [9.17, 15) is 9.59 Å². The molecular formula is C23H28N2O2S. The first-order valence-electron chi connectivity index (χ1n) is 10.0. The van der Waals surface area contributed by atoms with Crippen LogP contribution in [0, 0.1) is 0 Å². The van der Waals surface area contributed by atoms with Crippen molar-refractivity contribution in [2.24, 2.45) is 0 Å². The van der Waals surface area contributed by atoms with E-state index >= 15 is 0 Å². The third-order valence-corrected chi connectivity index (χ3v) is 6.27. The number of likely N-dealkylation sites (tertiary alicyclic amines) is 1. The van der Waals surface area contributed by atoms with Crippen LogP contribution >= 0.6 is 11.8 Å². The summed E-state index contributed by atoms with van der Waals surface area (Å²) in [4.78, 5) is 27.9. The first-order chi connectivity index (χ1) is 13.7. The fourth-order valence-electron chi connectivity index (χ4n) is 3.51. The lowest BCUT2D eigenvalue weighted by molar-refractivity contribution is -0.127. The molecule has 148 valence electrons. The van der Waals surface area contributed by atoms with Crippen molar-refractivity contribution < 1.29 is 9.59 Å². The van der Waals surface area contributed by atoms with Gasteiger partial charge in [-0.1, -0.05) is 49.4 Å². The van der Waals surface area contributed by atoms with Crippen LogP contribution in [0.4, 0.5) is 0 Å². The van der Waals surface area contributed by atoms with E-state index in [1.54, 1.807) is 0 Å².